The summed E-state index contributed by atoms with van der Waals surface area (Å²) in [6.07, 6.45) is -2.76. The van der Waals surface area contributed by atoms with Gasteiger partial charge in [-0.1, -0.05) is 24.3 Å². The van der Waals surface area contributed by atoms with Crippen molar-refractivity contribution in [3.8, 4) is 11.1 Å². The summed E-state index contributed by atoms with van der Waals surface area (Å²) in [7, 11) is 0. The number of alkyl halides is 3. The second kappa shape index (κ2) is 6.88. The van der Waals surface area contributed by atoms with Gasteiger partial charge in [-0.05, 0) is 48.0 Å². The summed E-state index contributed by atoms with van der Waals surface area (Å²) in [5.41, 5.74) is 3.02. The lowest BCUT2D eigenvalue weighted by Gasteiger charge is -2.14. The maximum Gasteiger partial charge on any atom is 0.416 e. The van der Waals surface area contributed by atoms with Gasteiger partial charge in [-0.15, -0.1) is 0 Å². The van der Waals surface area contributed by atoms with Gasteiger partial charge in [0, 0.05) is 40.1 Å². The van der Waals surface area contributed by atoms with E-state index in [0.29, 0.717) is 16.6 Å². The molecule has 140 valence electrons. The molecule has 6 heteroatoms. The zero-order chi connectivity index (χ0) is 19.7. The number of hydrogen-bond donors (Lipinski definition) is 2. The van der Waals surface area contributed by atoms with Crippen LogP contribution >= 0.6 is 0 Å². The highest BCUT2D eigenvalue weighted by molar-refractivity contribution is 5.88. The summed E-state index contributed by atoms with van der Waals surface area (Å²) in [5.74, 6) is 0. The van der Waals surface area contributed by atoms with Crippen molar-refractivity contribution < 1.29 is 13.2 Å². The molecule has 1 aromatic heterocycles. The number of H-pyrrole nitrogens is 1. The molecular formula is C22H15F3N2O. The second-order valence-electron chi connectivity index (χ2n) is 6.35. The standard InChI is InChI=1S/C22H15F3N2O/c23-22(24,25)15-6-8-16(9-7-15)27-19-4-2-1-3-17(19)14-5-10-18-20(13-14)26-12-11-21(18)28/h1-13,27H,(H,26,28). The number of nitrogens with one attached hydrogen (secondary N) is 2. The Bertz CT molecular complexity index is 1190. The third-order valence-corrected chi connectivity index (χ3v) is 4.49. The van der Waals surface area contributed by atoms with Gasteiger partial charge in [0.15, 0.2) is 5.43 Å². The van der Waals surface area contributed by atoms with E-state index in [0.717, 1.165) is 28.9 Å². The second-order valence-corrected chi connectivity index (χ2v) is 6.35. The van der Waals surface area contributed by atoms with E-state index in [4.69, 9.17) is 0 Å². The Balaban J connectivity index is 1.70. The molecular weight excluding hydrogens is 365 g/mol. The van der Waals surface area contributed by atoms with Crippen LogP contribution in [0.4, 0.5) is 24.5 Å². The molecule has 0 atom stereocenters. The van der Waals surface area contributed by atoms with E-state index >= 15 is 0 Å². The minimum atomic E-state index is -4.36. The van der Waals surface area contributed by atoms with E-state index in [-0.39, 0.29) is 5.43 Å². The summed E-state index contributed by atoms with van der Waals surface area (Å²) < 4.78 is 38.2. The fourth-order valence-corrected chi connectivity index (χ4v) is 3.08. The summed E-state index contributed by atoms with van der Waals surface area (Å²) >= 11 is 0. The van der Waals surface area contributed by atoms with E-state index in [1.807, 2.05) is 36.4 Å². The zero-order valence-corrected chi connectivity index (χ0v) is 14.5. The van der Waals surface area contributed by atoms with Gasteiger partial charge in [-0.2, -0.15) is 13.2 Å². The van der Waals surface area contributed by atoms with Crippen molar-refractivity contribution in [2.45, 2.75) is 6.18 Å². The monoisotopic (exact) mass is 380 g/mol. The Morgan fingerprint density at radius 2 is 1.61 bits per heavy atom. The van der Waals surface area contributed by atoms with Crippen LogP contribution in [0.5, 0.6) is 0 Å². The van der Waals surface area contributed by atoms with Crippen LogP contribution in [-0.4, -0.2) is 4.98 Å². The normalized spacial score (nSPS) is 11.5. The van der Waals surface area contributed by atoms with Gasteiger partial charge in [0.25, 0.3) is 0 Å². The molecule has 4 rings (SSSR count). The molecule has 0 unspecified atom stereocenters. The topological polar surface area (TPSA) is 44.9 Å². The fraction of sp³-hybridized carbons (Fsp3) is 0.0455. The summed E-state index contributed by atoms with van der Waals surface area (Å²) in [6.45, 7) is 0. The summed E-state index contributed by atoms with van der Waals surface area (Å²) in [5, 5.41) is 3.77. The van der Waals surface area contributed by atoms with Gasteiger partial charge in [0.2, 0.25) is 0 Å². The molecule has 0 saturated heterocycles. The largest absolute Gasteiger partial charge is 0.416 e. The predicted molar refractivity (Wildman–Crippen MR) is 105 cm³/mol. The van der Waals surface area contributed by atoms with E-state index in [9.17, 15) is 18.0 Å². The van der Waals surface area contributed by atoms with E-state index in [1.165, 1.54) is 18.2 Å². The van der Waals surface area contributed by atoms with Crippen LogP contribution in [-0.2, 0) is 6.18 Å². The first-order chi connectivity index (χ1) is 13.4. The molecule has 3 aromatic carbocycles. The van der Waals surface area contributed by atoms with Gasteiger partial charge >= 0.3 is 6.18 Å². The van der Waals surface area contributed by atoms with Gasteiger partial charge in [0.05, 0.1) is 5.56 Å². The number of benzene rings is 3. The smallest absolute Gasteiger partial charge is 0.361 e. The number of pyridine rings is 1. The maximum absolute atomic E-state index is 12.7. The molecule has 28 heavy (non-hydrogen) atoms. The summed E-state index contributed by atoms with van der Waals surface area (Å²) in [4.78, 5) is 15.0. The molecule has 3 nitrogen and oxygen atoms in total. The van der Waals surface area contributed by atoms with Gasteiger partial charge in [0.1, 0.15) is 0 Å². The third kappa shape index (κ3) is 3.49. The molecule has 0 spiro atoms. The molecule has 4 aromatic rings. The van der Waals surface area contributed by atoms with Crippen molar-refractivity contribution >= 4 is 22.3 Å². The molecule has 0 fully saturated rings. The number of anilines is 2. The Hall–Kier alpha value is -3.54. The lowest BCUT2D eigenvalue weighted by molar-refractivity contribution is -0.137. The number of para-hydroxylation sites is 1. The van der Waals surface area contributed by atoms with Gasteiger partial charge in [-0.3, -0.25) is 4.79 Å². The van der Waals surface area contributed by atoms with Crippen molar-refractivity contribution in [1.29, 1.82) is 0 Å². The first-order valence-corrected chi connectivity index (χ1v) is 8.57. The number of fused-ring (bicyclic) bond motifs is 1. The number of aromatic amines is 1. The number of aromatic nitrogens is 1. The van der Waals surface area contributed by atoms with Crippen LogP contribution in [0.3, 0.4) is 0 Å². The van der Waals surface area contributed by atoms with Crippen LogP contribution in [0.25, 0.3) is 22.0 Å². The van der Waals surface area contributed by atoms with E-state index < -0.39 is 11.7 Å². The van der Waals surface area contributed by atoms with Crippen molar-refractivity contribution in [2.75, 3.05) is 5.32 Å². The van der Waals surface area contributed by atoms with Crippen LogP contribution < -0.4 is 10.7 Å². The van der Waals surface area contributed by atoms with Gasteiger partial charge < -0.3 is 10.3 Å². The fourth-order valence-electron chi connectivity index (χ4n) is 3.08. The Morgan fingerprint density at radius 3 is 2.36 bits per heavy atom. The SMILES string of the molecule is O=c1cc[nH]c2cc(-c3ccccc3Nc3ccc(C(F)(F)F)cc3)ccc12. The Morgan fingerprint density at radius 1 is 0.857 bits per heavy atom. The van der Waals surface area contributed by atoms with Crippen LogP contribution in [0, 0.1) is 0 Å². The first-order valence-electron chi connectivity index (χ1n) is 8.57. The number of rotatable bonds is 3. The molecule has 0 aliphatic heterocycles. The molecule has 2 N–H and O–H groups in total. The average Bonchev–Trinajstić information content (AvgIpc) is 2.68. The van der Waals surface area contributed by atoms with Crippen LogP contribution in [0.15, 0.2) is 83.8 Å². The highest BCUT2D eigenvalue weighted by atomic mass is 19.4. The van der Waals surface area contributed by atoms with Crippen molar-refractivity contribution in [1.82, 2.24) is 4.98 Å². The zero-order valence-electron chi connectivity index (χ0n) is 14.5. The molecule has 0 bridgehead atoms. The van der Waals surface area contributed by atoms with Crippen LogP contribution in [0.1, 0.15) is 5.56 Å². The van der Waals surface area contributed by atoms with Crippen molar-refractivity contribution in [3.63, 3.8) is 0 Å². The van der Waals surface area contributed by atoms with E-state index in [2.05, 4.69) is 10.3 Å². The van der Waals surface area contributed by atoms with Crippen molar-refractivity contribution in [3.05, 3.63) is 94.8 Å². The molecule has 0 aliphatic rings. The predicted octanol–water partition coefficient (Wildman–Crippen LogP) is 5.96. The first kappa shape index (κ1) is 17.9. The minimum absolute atomic E-state index is 0.0588. The molecule has 0 amide bonds. The molecule has 0 radical (unpaired) electrons. The average molecular weight is 380 g/mol. The highest BCUT2D eigenvalue weighted by Crippen LogP contribution is 2.33. The lowest BCUT2D eigenvalue weighted by atomic mass is 10.0. The molecule has 0 saturated carbocycles. The van der Waals surface area contributed by atoms with Crippen LogP contribution in [0.2, 0.25) is 0 Å². The number of hydrogen-bond acceptors (Lipinski definition) is 2. The van der Waals surface area contributed by atoms with E-state index in [1.54, 1.807) is 12.3 Å². The Labute approximate surface area is 158 Å². The minimum Gasteiger partial charge on any atom is -0.361 e. The highest BCUT2D eigenvalue weighted by Gasteiger charge is 2.29. The summed E-state index contributed by atoms with van der Waals surface area (Å²) in [6, 6.07) is 19.4. The van der Waals surface area contributed by atoms with Crippen molar-refractivity contribution in [2.24, 2.45) is 0 Å². The van der Waals surface area contributed by atoms with Gasteiger partial charge in [-0.25, -0.2) is 0 Å². The number of halogens is 3. The maximum atomic E-state index is 12.7. The lowest BCUT2D eigenvalue weighted by Crippen LogP contribution is -2.04. The Kier molecular flexibility index (Phi) is 4.39. The molecule has 0 aliphatic carbocycles. The third-order valence-electron chi connectivity index (χ3n) is 4.49. The molecule has 1 heterocycles. The quantitative estimate of drug-likeness (QED) is 0.461.